The second-order valence-electron chi connectivity index (χ2n) is 4.94. The summed E-state index contributed by atoms with van der Waals surface area (Å²) in [6.45, 7) is 2.17. The highest BCUT2D eigenvalue weighted by Gasteiger charge is 2.32. The molecule has 1 aromatic carbocycles. The van der Waals surface area contributed by atoms with Gasteiger partial charge in [-0.3, -0.25) is 0 Å². The van der Waals surface area contributed by atoms with E-state index in [0.717, 1.165) is 19.3 Å². The molecule has 0 saturated carbocycles. The topological polar surface area (TPSA) is 0 Å². The van der Waals surface area contributed by atoms with Crippen LogP contribution in [0.1, 0.15) is 63.0 Å². The summed E-state index contributed by atoms with van der Waals surface area (Å²) >= 11 is 0. The predicted molar refractivity (Wildman–Crippen MR) is 72.0 cm³/mol. The maximum absolute atomic E-state index is 12.7. The maximum Gasteiger partial charge on any atom is 0.417 e. The summed E-state index contributed by atoms with van der Waals surface area (Å²) in [6, 6.07) is 6.85. The van der Waals surface area contributed by atoms with Crippen molar-refractivity contribution in [3.8, 4) is 0 Å². The average molecular weight is 271 g/mol. The number of hydrogen-bond acceptors (Lipinski definition) is 0. The van der Waals surface area contributed by atoms with Crippen LogP contribution in [0, 0.1) is 6.07 Å². The quantitative estimate of drug-likeness (QED) is 0.524. The van der Waals surface area contributed by atoms with Crippen molar-refractivity contribution in [2.45, 2.75) is 64.5 Å². The van der Waals surface area contributed by atoms with Crippen LogP contribution in [0.4, 0.5) is 13.2 Å². The molecule has 0 N–H and O–H groups in total. The van der Waals surface area contributed by atoms with E-state index in [9.17, 15) is 13.2 Å². The third kappa shape index (κ3) is 6.13. The number of alkyl halides is 3. The molecule has 0 unspecified atom stereocenters. The molecule has 0 aliphatic carbocycles. The van der Waals surface area contributed by atoms with Gasteiger partial charge in [-0.15, -0.1) is 0 Å². The first-order valence-corrected chi connectivity index (χ1v) is 7.12. The highest BCUT2D eigenvalue weighted by Crippen LogP contribution is 2.32. The zero-order chi connectivity index (χ0) is 14.1. The third-order valence-electron chi connectivity index (χ3n) is 3.28. The van der Waals surface area contributed by atoms with Crippen molar-refractivity contribution in [3.05, 3.63) is 35.4 Å². The Morgan fingerprint density at radius 1 is 1.00 bits per heavy atom. The van der Waals surface area contributed by atoms with E-state index in [2.05, 4.69) is 13.0 Å². The molecule has 0 aliphatic rings. The van der Waals surface area contributed by atoms with Gasteiger partial charge in [0.25, 0.3) is 0 Å². The Balaban J connectivity index is 2.33. The molecule has 0 bridgehead atoms. The molecular weight excluding hydrogens is 249 g/mol. The molecule has 0 heterocycles. The van der Waals surface area contributed by atoms with Crippen LogP contribution >= 0.6 is 0 Å². The summed E-state index contributed by atoms with van der Waals surface area (Å²) in [5, 5.41) is 0. The van der Waals surface area contributed by atoms with Crippen LogP contribution in [0.3, 0.4) is 0 Å². The second kappa shape index (κ2) is 8.23. The lowest BCUT2D eigenvalue weighted by atomic mass is 10.00. The van der Waals surface area contributed by atoms with Gasteiger partial charge < -0.3 is 0 Å². The van der Waals surface area contributed by atoms with Crippen LogP contribution in [0.2, 0.25) is 0 Å². The standard InChI is InChI=1S/C16H22F3/c1-2-3-4-5-6-7-8-11-14-12-9-10-13-15(14)16(17,18)19/h9-10,12H,2-8,11H2,1H3. The SMILES string of the molecule is CCCCCCCCCc1ccc[c]c1C(F)(F)F. The minimum Gasteiger partial charge on any atom is -0.166 e. The van der Waals surface area contributed by atoms with Gasteiger partial charge in [0.2, 0.25) is 0 Å². The lowest BCUT2D eigenvalue weighted by Crippen LogP contribution is -2.09. The van der Waals surface area contributed by atoms with Crippen LogP contribution in [-0.4, -0.2) is 0 Å². The number of unbranched alkanes of at least 4 members (excludes halogenated alkanes) is 6. The first kappa shape index (κ1) is 16.1. The molecule has 1 aromatic rings. The Morgan fingerprint density at radius 3 is 2.26 bits per heavy atom. The van der Waals surface area contributed by atoms with Gasteiger partial charge in [0.05, 0.1) is 5.56 Å². The Labute approximate surface area is 114 Å². The summed E-state index contributed by atoms with van der Waals surface area (Å²) in [5.74, 6) is 0. The molecule has 0 aliphatic heterocycles. The zero-order valence-corrected chi connectivity index (χ0v) is 11.5. The fourth-order valence-corrected chi connectivity index (χ4v) is 2.22. The van der Waals surface area contributed by atoms with Crippen LogP contribution in [-0.2, 0) is 12.6 Å². The van der Waals surface area contributed by atoms with Gasteiger partial charge in [0.1, 0.15) is 0 Å². The minimum absolute atomic E-state index is 0.378. The van der Waals surface area contributed by atoms with Crippen LogP contribution in [0.5, 0.6) is 0 Å². The first-order valence-electron chi connectivity index (χ1n) is 7.12. The first-order chi connectivity index (χ1) is 9.05. The van der Waals surface area contributed by atoms with E-state index in [1.807, 2.05) is 0 Å². The summed E-state index contributed by atoms with van der Waals surface area (Å²) in [5.41, 5.74) is -0.218. The van der Waals surface area contributed by atoms with E-state index in [0.29, 0.717) is 12.0 Å². The van der Waals surface area contributed by atoms with Gasteiger partial charge in [0, 0.05) is 0 Å². The van der Waals surface area contributed by atoms with E-state index < -0.39 is 11.7 Å². The van der Waals surface area contributed by atoms with Gasteiger partial charge in [-0.1, -0.05) is 63.6 Å². The molecular formula is C16H22F3. The zero-order valence-electron chi connectivity index (χ0n) is 11.5. The van der Waals surface area contributed by atoms with Crippen LogP contribution in [0.15, 0.2) is 18.2 Å². The van der Waals surface area contributed by atoms with Gasteiger partial charge in [-0.05, 0) is 24.5 Å². The van der Waals surface area contributed by atoms with E-state index >= 15 is 0 Å². The molecule has 107 valence electrons. The number of aryl methyl sites for hydroxylation is 1. The summed E-state index contributed by atoms with van der Waals surface area (Å²) < 4.78 is 38.2. The Bertz CT molecular complexity index is 355. The molecule has 3 heteroatoms. The van der Waals surface area contributed by atoms with Gasteiger partial charge in [0.15, 0.2) is 0 Å². The van der Waals surface area contributed by atoms with E-state index in [-0.39, 0.29) is 0 Å². The predicted octanol–water partition coefficient (Wildman–Crippen LogP) is 5.80. The largest absolute Gasteiger partial charge is 0.417 e. The van der Waals surface area contributed by atoms with Crippen molar-refractivity contribution in [1.82, 2.24) is 0 Å². The smallest absolute Gasteiger partial charge is 0.166 e. The third-order valence-corrected chi connectivity index (χ3v) is 3.28. The normalized spacial score (nSPS) is 11.8. The lowest BCUT2D eigenvalue weighted by molar-refractivity contribution is -0.138. The van der Waals surface area contributed by atoms with Crippen molar-refractivity contribution in [2.24, 2.45) is 0 Å². The van der Waals surface area contributed by atoms with Gasteiger partial charge in [-0.2, -0.15) is 13.2 Å². The fourth-order valence-electron chi connectivity index (χ4n) is 2.22. The molecule has 0 saturated heterocycles. The molecule has 0 nitrogen and oxygen atoms in total. The monoisotopic (exact) mass is 271 g/mol. The highest BCUT2D eigenvalue weighted by molar-refractivity contribution is 5.28. The Hall–Kier alpha value is -0.990. The van der Waals surface area contributed by atoms with Crippen molar-refractivity contribution >= 4 is 0 Å². The molecule has 1 radical (unpaired) electrons. The fraction of sp³-hybridized carbons (Fsp3) is 0.625. The molecule has 0 fully saturated rings. The summed E-state index contributed by atoms with van der Waals surface area (Å²) in [4.78, 5) is 0. The van der Waals surface area contributed by atoms with Crippen LogP contribution in [0.25, 0.3) is 0 Å². The number of hydrogen-bond donors (Lipinski definition) is 0. The molecule has 0 spiro atoms. The van der Waals surface area contributed by atoms with Crippen molar-refractivity contribution < 1.29 is 13.2 Å². The van der Waals surface area contributed by atoms with Crippen molar-refractivity contribution in [3.63, 3.8) is 0 Å². The number of rotatable bonds is 8. The van der Waals surface area contributed by atoms with E-state index in [1.54, 1.807) is 12.1 Å². The Kier molecular flexibility index (Phi) is 6.96. The summed E-state index contributed by atoms with van der Waals surface area (Å²) in [7, 11) is 0. The van der Waals surface area contributed by atoms with E-state index in [4.69, 9.17) is 0 Å². The number of benzene rings is 1. The highest BCUT2D eigenvalue weighted by atomic mass is 19.4. The molecule has 0 amide bonds. The molecule has 1 rings (SSSR count). The second-order valence-corrected chi connectivity index (χ2v) is 4.94. The van der Waals surface area contributed by atoms with Crippen molar-refractivity contribution in [2.75, 3.05) is 0 Å². The Morgan fingerprint density at radius 2 is 1.63 bits per heavy atom. The van der Waals surface area contributed by atoms with Gasteiger partial charge >= 0.3 is 6.18 Å². The van der Waals surface area contributed by atoms with E-state index in [1.165, 1.54) is 31.7 Å². The number of halogens is 3. The summed E-state index contributed by atoms with van der Waals surface area (Å²) in [6.07, 6.45) is 4.09. The maximum atomic E-state index is 12.7. The van der Waals surface area contributed by atoms with Crippen LogP contribution < -0.4 is 0 Å². The molecule has 19 heavy (non-hydrogen) atoms. The molecule has 0 aromatic heterocycles. The average Bonchev–Trinajstić information content (AvgIpc) is 2.37. The minimum atomic E-state index is -4.28. The molecule has 0 atom stereocenters. The van der Waals surface area contributed by atoms with Gasteiger partial charge in [-0.25, -0.2) is 0 Å². The lowest BCUT2D eigenvalue weighted by Gasteiger charge is -2.11. The van der Waals surface area contributed by atoms with Crippen molar-refractivity contribution in [1.29, 1.82) is 0 Å².